The van der Waals surface area contributed by atoms with Crippen LogP contribution in [0.3, 0.4) is 0 Å². The van der Waals surface area contributed by atoms with Crippen molar-refractivity contribution in [2.75, 3.05) is 6.54 Å². The van der Waals surface area contributed by atoms with Crippen molar-refractivity contribution in [3.8, 4) is 11.1 Å². The van der Waals surface area contributed by atoms with Gasteiger partial charge in [-0.2, -0.15) is 13.2 Å². The molecule has 0 saturated carbocycles. The Morgan fingerprint density at radius 1 is 0.968 bits per heavy atom. The molecule has 0 radical (unpaired) electrons. The molecule has 31 heavy (non-hydrogen) atoms. The summed E-state index contributed by atoms with van der Waals surface area (Å²) in [6.45, 7) is 4.86. The molecule has 4 rings (SSSR count). The number of hydrogen-bond donors (Lipinski definition) is 2. The summed E-state index contributed by atoms with van der Waals surface area (Å²) in [5, 5.41) is 4.59. The van der Waals surface area contributed by atoms with Gasteiger partial charge in [0.1, 0.15) is 0 Å². The van der Waals surface area contributed by atoms with Crippen LogP contribution in [0.25, 0.3) is 27.7 Å². The van der Waals surface area contributed by atoms with Gasteiger partial charge in [-0.15, -0.1) is 0 Å². The van der Waals surface area contributed by atoms with Crippen molar-refractivity contribution in [1.29, 1.82) is 0 Å². The van der Waals surface area contributed by atoms with Gasteiger partial charge >= 0.3 is 6.18 Å². The van der Waals surface area contributed by atoms with E-state index >= 15 is 0 Å². The zero-order chi connectivity index (χ0) is 22.0. The zero-order valence-corrected chi connectivity index (χ0v) is 18.7. The molecule has 3 aromatic carbocycles. The monoisotopic (exact) mass is 532 g/mol. The van der Waals surface area contributed by atoms with E-state index in [2.05, 4.69) is 57.7 Å². The first-order valence-electron chi connectivity index (χ1n) is 9.77. The van der Waals surface area contributed by atoms with Gasteiger partial charge in [0.05, 0.1) is 5.56 Å². The number of nitrogens with one attached hydrogen (secondary N) is 2. The number of rotatable bonds is 6. The number of H-pyrrole nitrogens is 1. The van der Waals surface area contributed by atoms with Crippen LogP contribution in [0.5, 0.6) is 0 Å². The summed E-state index contributed by atoms with van der Waals surface area (Å²) in [5.41, 5.74) is 4.99. The maximum Gasteiger partial charge on any atom is 0.416 e. The molecule has 0 amide bonds. The first-order valence-corrected chi connectivity index (χ1v) is 10.9. The minimum atomic E-state index is -4.33. The van der Waals surface area contributed by atoms with Gasteiger partial charge in [-0.25, -0.2) is 0 Å². The summed E-state index contributed by atoms with van der Waals surface area (Å²) >= 11 is 2.31. The third-order valence-electron chi connectivity index (χ3n) is 5.22. The lowest BCUT2D eigenvalue weighted by atomic mass is 10.0. The molecule has 0 spiro atoms. The fourth-order valence-corrected chi connectivity index (χ4v) is 4.04. The Hall–Kier alpha value is -2.74. The van der Waals surface area contributed by atoms with Gasteiger partial charge in [-0.1, -0.05) is 36.9 Å². The highest BCUT2D eigenvalue weighted by Gasteiger charge is 2.29. The first kappa shape index (κ1) is 21.5. The van der Waals surface area contributed by atoms with Crippen LogP contribution in [0.2, 0.25) is 0 Å². The molecule has 0 unspecified atom stereocenters. The summed E-state index contributed by atoms with van der Waals surface area (Å²) in [5.74, 6) is 0. The number of aromatic nitrogens is 1. The number of halogens is 4. The summed E-state index contributed by atoms with van der Waals surface area (Å²) in [6.07, 6.45) is -1.45. The lowest BCUT2D eigenvalue weighted by Crippen LogP contribution is -2.15. The molecule has 1 heterocycles. The van der Waals surface area contributed by atoms with Crippen LogP contribution in [0.1, 0.15) is 16.7 Å². The molecule has 0 bridgehead atoms. The molecule has 2 N–H and O–H groups in total. The standard InChI is InChI=1S/C25H20F3IN2/c1-16(30-12-11-20-15-31-24-10-9-22(29)14-23(20)24)18-3-2-4-19(13-18)17-5-7-21(8-6-17)25(26,27)28/h2-10,13-15,30-31H,1,11-12H2. The average molecular weight is 532 g/mol. The van der Waals surface area contributed by atoms with Crippen molar-refractivity contribution in [2.45, 2.75) is 12.6 Å². The Balaban J connectivity index is 1.43. The molecule has 0 aliphatic heterocycles. The lowest BCUT2D eigenvalue weighted by molar-refractivity contribution is -0.137. The predicted molar refractivity (Wildman–Crippen MR) is 129 cm³/mol. The summed E-state index contributed by atoms with van der Waals surface area (Å²) in [4.78, 5) is 3.30. The lowest BCUT2D eigenvalue weighted by Gasteiger charge is -2.12. The van der Waals surface area contributed by atoms with Gasteiger partial charge in [-0.05, 0) is 87.7 Å². The summed E-state index contributed by atoms with van der Waals surface area (Å²) in [7, 11) is 0. The minimum Gasteiger partial charge on any atom is -0.385 e. The highest BCUT2D eigenvalue weighted by molar-refractivity contribution is 14.1. The molecule has 0 atom stereocenters. The van der Waals surface area contributed by atoms with E-state index in [-0.39, 0.29) is 0 Å². The van der Waals surface area contributed by atoms with Crippen LogP contribution in [0, 0.1) is 3.57 Å². The Labute approximate surface area is 192 Å². The van der Waals surface area contributed by atoms with Crippen LogP contribution >= 0.6 is 22.6 Å². The van der Waals surface area contributed by atoms with Crippen molar-refractivity contribution in [3.05, 3.63) is 99.8 Å². The van der Waals surface area contributed by atoms with E-state index < -0.39 is 11.7 Å². The molecule has 0 fully saturated rings. The normalized spacial score (nSPS) is 11.6. The zero-order valence-electron chi connectivity index (χ0n) is 16.6. The molecule has 158 valence electrons. The second kappa shape index (κ2) is 8.78. The van der Waals surface area contributed by atoms with Crippen LogP contribution in [0.15, 0.2) is 79.5 Å². The molecule has 0 aliphatic carbocycles. The molecule has 6 heteroatoms. The summed E-state index contributed by atoms with van der Waals surface area (Å²) in [6, 6.07) is 19.2. The SMILES string of the molecule is C=C(NCCc1c[nH]c2ccc(I)cc12)c1cccc(-c2ccc(C(F)(F)F)cc2)c1. The first-order chi connectivity index (χ1) is 14.8. The maximum absolute atomic E-state index is 12.8. The Morgan fingerprint density at radius 2 is 1.74 bits per heavy atom. The predicted octanol–water partition coefficient (Wildman–Crippen LogP) is 7.26. The minimum absolute atomic E-state index is 0.648. The third kappa shape index (κ3) is 4.95. The van der Waals surface area contributed by atoms with Gasteiger partial charge in [0, 0.05) is 32.9 Å². The van der Waals surface area contributed by atoms with Gasteiger partial charge in [0.25, 0.3) is 0 Å². The number of aromatic amines is 1. The van der Waals surface area contributed by atoms with E-state index in [1.54, 1.807) is 0 Å². The number of benzene rings is 3. The van der Waals surface area contributed by atoms with Crippen molar-refractivity contribution < 1.29 is 13.2 Å². The quantitative estimate of drug-likeness (QED) is 0.252. The van der Waals surface area contributed by atoms with Gasteiger partial charge < -0.3 is 10.3 Å². The van der Waals surface area contributed by atoms with Gasteiger partial charge in [-0.3, -0.25) is 0 Å². The van der Waals surface area contributed by atoms with Gasteiger partial charge in [0.15, 0.2) is 0 Å². The van der Waals surface area contributed by atoms with E-state index in [0.717, 1.165) is 53.0 Å². The van der Waals surface area contributed by atoms with E-state index in [1.165, 1.54) is 26.7 Å². The molecule has 0 saturated heterocycles. The van der Waals surface area contributed by atoms with Gasteiger partial charge in [0.2, 0.25) is 0 Å². The number of alkyl halides is 3. The Kier molecular flexibility index (Phi) is 6.09. The fraction of sp³-hybridized carbons (Fsp3) is 0.120. The highest BCUT2D eigenvalue weighted by atomic mass is 127. The van der Waals surface area contributed by atoms with Crippen LogP contribution in [0.4, 0.5) is 13.2 Å². The third-order valence-corrected chi connectivity index (χ3v) is 5.89. The maximum atomic E-state index is 12.8. The van der Waals surface area contributed by atoms with Crippen LogP contribution in [-0.4, -0.2) is 11.5 Å². The fourth-order valence-electron chi connectivity index (χ4n) is 3.55. The van der Waals surface area contributed by atoms with Crippen molar-refractivity contribution >= 4 is 39.2 Å². The largest absolute Gasteiger partial charge is 0.416 e. The molecule has 4 aromatic rings. The second-order valence-electron chi connectivity index (χ2n) is 7.32. The van der Waals surface area contributed by atoms with E-state index in [0.29, 0.717) is 0 Å². The van der Waals surface area contributed by atoms with E-state index in [4.69, 9.17) is 0 Å². The number of fused-ring (bicyclic) bond motifs is 1. The highest BCUT2D eigenvalue weighted by Crippen LogP contribution is 2.31. The molecule has 2 nitrogen and oxygen atoms in total. The summed E-state index contributed by atoms with van der Waals surface area (Å²) < 4.78 is 39.6. The smallest absolute Gasteiger partial charge is 0.385 e. The molecular weight excluding hydrogens is 512 g/mol. The second-order valence-corrected chi connectivity index (χ2v) is 8.56. The topological polar surface area (TPSA) is 27.8 Å². The Morgan fingerprint density at radius 3 is 2.48 bits per heavy atom. The molecular formula is C25H20F3IN2. The van der Waals surface area contributed by atoms with Crippen molar-refractivity contribution in [3.63, 3.8) is 0 Å². The van der Waals surface area contributed by atoms with Crippen LogP contribution < -0.4 is 5.32 Å². The Bertz CT molecular complexity index is 1220. The molecule has 1 aromatic heterocycles. The van der Waals surface area contributed by atoms with Crippen LogP contribution in [-0.2, 0) is 12.6 Å². The average Bonchev–Trinajstić information content (AvgIpc) is 3.15. The van der Waals surface area contributed by atoms with Crippen molar-refractivity contribution in [1.82, 2.24) is 10.3 Å². The molecule has 0 aliphatic rings. The van der Waals surface area contributed by atoms with E-state index in [9.17, 15) is 13.2 Å². The van der Waals surface area contributed by atoms with E-state index in [1.807, 2.05) is 30.5 Å². The number of hydrogen-bond acceptors (Lipinski definition) is 1. The van der Waals surface area contributed by atoms with Crippen molar-refractivity contribution in [2.24, 2.45) is 0 Å².